The van der Waals surface area contributed by atoms with E-state index >= 15 is 0 Å². The molecule has 0 heterocycles. The average molecular weight is 326 g/mol. The lowest BCUT2D eigenvalue weighted by molar-refractivity contribution is 0.733. The van der Waals surface area contributed by atoms with E-state index < -0.39 is 3.12 Å². The number of nitrogens with zero attached hydrogens (tertiary/aromatic N) is 2. The summed E-state index contributed by atoms with van der Waals surface area (Å²) >= 11 is 18.3. The van der Waals surface area contributed by atoms with Gasteiger partial charge in [-0.25, -0.2) is 4.99 Å². The van der Waals surface area contributed by atoms with Crippen molar-refractivity contribution < 1.29 is 0 Å². The number of hydrogen-bond acceptors (Lipinski definition) is 2. The quantitative estimate of drug-likeness (QED) is 0.325. The summed E-state index contributed by atoms with van der Waals surface area (Å²) in [6.45, 7) is 6.75. The Kier molecular flexibility index (Phi) is 6.12. The zero-order valence-corrected chi connectivity index (χ0v) is 13.5. The summed E-state index contributed by atoms with van der Waals surface area (Å²) in [6.07, 6.45) is 1.68. The summed E-state index contributed by atoms with van der Waals surface area (Å²) in [5.74, 6) is 0. The predicted molar refractivity (Wildman–Crippen MR) is 84.3 cm³/mol. The normalized spacial score (nSPS) is 12.1. The van der Waals surface area contributed by atoms with Crippen molar-refractivity contribution >= 4 is 58.8 Å². The Morgan fingerprint density at radius 1 is 1.33 bits per heavy atom. The second kappa shape index (κ2) is 6.90. The Hall–Kier alpha value is -0.0900. The van der Waals surface area contributed by atoms with Crippen LogP contribution in [0, 0.1) is 13.8 Å². The summed E-state index contributed by atoms with van der Waals surface area (Å²) in [5, 5.41) is 0. The molecule has 100 valence electrons. The molecular formula is C12H15Cl3N2S. The van der Waals surface area contributed by atoms with Crippen molar-refractivity contribution in [3.8, 4) is 0 Å². The van der Waals surface area contributed by atoms with E-state index in [2.05, 4.69) is 18.0 Å². The van der Waals surface area contributed by atoms with Crippen molar-refractivity contribution in [2.45, 2.75) is 23.9 Å². The summed E-state index contributed by atoms with van der Waals surface area (Å²) in [7, 11) is 0. The molecule has 0 saturated carbocycles. The molecule has 0 radical (unpaired) electrons. The second-order valence-corrected chi connectivity index (χ2v) is 8.02. The fourth-order valence-corrected chi connectivity index (χ4v) is 2.67. The molecule has 0 unspecified atom stereocenters. The van der Waals surface area contributed by atoms with Gasteiger partial charge in [0.05, 0.1) is 5.69 Å². The number of benzene rings is 1. The lowest BCUT2D eigenvalue weighted by Gasteiger charge is -2.20. The highest BCUT2D eigenvalue weighted by Crippen LogP contribution is 2.40. The van der Waals surface area contributed by atoms with Crippen LogP contribution in [-0.4, -0.2) is 20.3 Å². The van der Waals surface area contributed by atoms with Gasteiger partial charge in [0.2, 0.25) is 0 Å². The van der Waals surface area contributed by atoms with Crippen LogP contribution in [0.1, 0.15) is 18.1 Å². The van der Waals surface area contributed by atoms with Crippen LogP contribution in [0.5, 0.6) is 0 Å². The maximum Gasteiger partial charge on any atom is 0.256 e. The van der Waals surface area contributed by atoms with Crippen LogP contribution in [0.3, 0.4) is 0 Å². The Labute approximate surface area is 127 Å². The minimum absolute atomic E-state index is 0.701. The largest absolute Gasteiger partial charge is 0.303 e. The van der Waals surface area contributed by atoms with E-state index in [1.165, 1.54) is 5.56 Å². The summed E-state index contributed by atoms with van der Waals surface area (Å²) in [5.41, 5.74) is 3.26. The minimum Gasteiger partial charge on any atom is -0.303 e. The molecule has 0 bridgehead atoms. The van der Waals surface area contributed by atoms with Crippen molar-refractivity contribution in [1.29, 1.82) is 0 Å². The first-order valence-electron chi connectivity index (χ1n) is 5.46. The standard InChI is InChI=1S/C12H15Cl3N2S/c1-4-17(18-12(13,14)15)8-16-11-6-5-9(2)7-10(11)3/h5-8H,4H2,1-3H3. The number of aryl methyl sites for hydroxylation is 2. The predicted octanol–water partition coefficient (Wildman–Crippen LogP) is 5.26. The maximum absolute atomic E-state index is 5.73. The first-order valence-corrected chi connectivity index (χ1v) is 7.36. The number of halogens is 3. The van der Waals surface area contributed by atoms with Gasteiger partial charge >= 0.3 is 0 Å². The molecule has 0 atom stereocenters. The molecule has 0 N–H and O–H groups in total. The van der Waals surface area contributed by atoms with Crippen LogP contribution in [0.2, 0.25) is 0 Å². The highest BCUT2D eigenvalue weighted by Gasteiger charge is 2.23. The van der Waals surface area contributed by atoms with Gasteiger partial charge < -0.3 is 4.31 Å². The molecule has 6 heteroatoms. The Morgan fingerprint density at radius 2 is 2.00 bits per heavy atom. The Balaban J connectivity index is 2.77. The zero-order valence-electron chi connectivity index (χ0n) is 10.5. The number of rotatable bonds is 4. The van der Waals surface area contributed by atoms with Gasteiger partial charge in [-0.15, -0.1) is 0 Å². The molecule has 1 aromatic carbocycles. The molecule has 0 spiro atoms. The highest BCUT2D eigenvalue weighted by atomic mass is 35.6. The maximum atomic E-state index is 5.73. The van der Waals surface area contributed by atoms with E-state index in [1.807, 2.05) is 26.0 Å². The van der Waals surface area contributed by atoms with Crippen molar-refractivity contribution in [1.82, 2.24) is 4.31 Å². The molecule has 2 nitrogen and oxygen atoms in total. The topological polar surface area (TPSA) is 15.6 Å². The average Bonchev–Trinajstić information content (AvgIpc) is 2.24. The molecule has 0 saturated heterocycles. The van der Waals surface area contributed by atoms with Gasteiger partial charge in [0.15, 0.2) is 0 Å². The van der Waals surface area contributed by atoms with E-state index in [9.17, 15) is 0 Å². The van der Waals surface area contributed by atoms with Gasteiger partial charge in [-0.05, 0) is 32.4 Å². The van der Waals surface area contributed by atoms with Gasteiger partial charge in [0.1, 0.15) is 6.34 Å². The van der Waals surface area contributed by atoms with E-state index in [0.717, 1.165) is 23.2 Å². The first kappa shape index (κ1) is 16.0. The third-order valence-electron chi connectivity index (χ3n) is 2.21. The molecule has 18 heavy (non-hydrogen) atoms. The molecule has 0 aromatic heterocycles. The van der Waals surface area contributed by atoms with Crippen LogP contribution >= 0.6 is 46.8 Å². The van der Waals surface area contributed by atoms with Gasteiger partial charge in [-0.2, -0.15) is 0 Å². The molecule has 0 aliphatic rings. The summed E-state index contributed by atoms with van der Waals surface area (Å²) < 4.78 is 0.413. The smallest absolute Gasteiger partial charge is 0.256 e. The highest BCUT2D eigenvalue weighted by molar-refractivity contribution is 8.03. The molecule has 0 amide bonds. The second-order valence-electron chi connectivity index (χ2n) is 3.80. The number of alkyl halides is 3. The van der Waals surface area contributed by atoms with Gasteiger partial charge in [-0.1, -0.05) is 52.5 Å². The molecule has 0 aliphatic heterocycles. The molecule has 1 rings (SSSR count). The van der Waals surface area contributed by atoms with Crippen molar-refractivity contribution in [2.75, 3.05) is 6.54 Å². The van der Waals surface area contributed by atoms with Crippen LogP contribution in [-0.2, 0) is 0 Å². The monoisotopic (exact) mass is 324 g/mol. The van der Waals surface area contributed by atoms with Gasteiger partial charge in [-0.3, -0.25) is 0 Å². The fourth-order valence-electron chi connectivity index (χ4n) is 1.38. The third-order valence-corrected chi connectivity index (χ3v) is 3.63. The van der Waals surface area contributed by atoms with Gasteiger partial charge in [0.25, 0.3) is 3.12 Å². The Morgan fingerprint density at radius 3 is 2.50 bits per heavy atom. The van der Waals surface area contributed by atoms with E-state index in [0.29, 0.717) is 6.54 Å². The van der Waals surface area contributed by atoms with Crippen LogP contribution in [0.4, 0.5) is 5.69 Å². The molecular weight excluding hydrogens is 311 g/mol. The molecule has 0 aliphatic carbocycles. The summed E-state index contributed by atoms with van der Waals surface area (Å²) in [4.78, 5) is 4.41. The molecule has 0 fully saturated rings. The zero-order chi connectivity index (χ0) is 13.8. The number of hydrogen-bond donors (Lipinski definition) is 0. The SMILES string of the molecule is CCN(C=Nc1ccc(C)cc1C)SC(Cl)(Cl)Cl. The van der Waals surface area contributed by atoms with Crippen LogP contribution < -0.4 is 0 Å². The van der Waals surface area contributed by atoms with E-state index in [-0.39, 0.29) is 0 Å². The van der Waals surface area contributed by atoms with Crippen molar-refractivity contribution in [3.63, 3.8) is 0 Å². The first-order chi connectivity index (χ1) is 8.31. The van der Waals surface area contributed by atoms with Crippen molar-refractivity contribution in [2.24, 2.45) is 4.99 Å². The van der Waals surface area contributed by atoms with Gasteiger partial charge in [0, 0.05) is 18.5 Å². The summed E-state index contributed by atoms with van der Waals surface area (Å²) in [6, 6.07) is 6.10. The lowest BCUT2D eigenvalue weighted by atomic mass is 10.1. The van der Waals surface area contributed by atoms with E-state index in [4.69, 9.17) is 34.8 Å². The molecule has 1 aromatic rings. The fraction of sp³-hybridized carbons (Fsp3) is 0.417. The van der Waals surface area contributed by atoms with Crippen LogP contribution in [0.25, 0.3) is 0 Å². The number of aliphatic imine (C=N–C) groups is 1. The van der Waals surface area contributed by atoms with Crippen molar-refractivity contribution in [3.05, 3.63) is 29.3 Å². The van der Waals surface area contributed by atoms with Crippen LogP contribution in [0.15, 0.2) is 23.2 Å². The lowest BCUT2D eigenvalue weighted by Crippen LogP contribution is -2.17. The van der Waals surface area contributed by atoms with E-state index in [1.54, 1.807) is 10.6 Å². The Bertz CT molecular complexity index is 430. The third kappa shape index (κ3) is 5.70. The minimum atomic E-state index is -1.37.